The van der Waals surface area contributed by atoms with E-state index >= 15 is 0 Å². The van der Waals surface area contributed by atoms with Gasteiger partial charge in [-0.1, -0.05) is 11.6 Å². The minimum Gasteiger partial charge on any atom is -0.384 e. The third-order valence-electron chi connectivity index (χ3n) is 3.42. The predicted molar refractivity (Wildman–Crippen MR) is 77.1 cm³/mol. The van der Waals surface area contributed by atoms with Crippen molar-refractivity contribution in [1.82, 2.24) is 15.3 Å². The second kappa shape index (κ2) is 5.34. The van der Waals surface area contributed by atoms with Crippen LogP contribution in [-0.2, 0) is 0 Å². The summed E-state index contributed by atoms with van der Waals surface area (Å²) in [4.78, 5) is 8.76. The van der Waals surface area contributed by atoms with Gasteiger partial charge in [-0.2, -0.15) is 0 Å². The Labute approximate surface area is 121 Å². The molecule has 0 radical (unpaired) electrons. The lowest BCUT2D eigenvalue weighted by molar-refractivity contribution is 0.628. The van der Waals surface area contributed by atoms with Crippen molar-refractivity contribution in [3.8, 4) is 11.4 Å². The normalized spacial score (nSPS) is 18.4. The van der Waals surface area contributed by atoms with Crippen LogP contribution in [0.5, 0.6) is 0 Å². The van der Waals surface area contributed by atoms with Crippen molar-refractivity contribution >= 4 is 17.4 Å². The van der Waals surface area contributed by atoms with Crippen LogP contribution < -0.4 is 11.1 Å². The molecule has 6 heteroatoms. The number of nitrogen functional groups attached to an aromatic ring is 1. The maximum atomic E-state index is 13.2. The van der Waals surface area contributed by atoms with E-state index in [0.29, 0.717) is 23.1 Å². The second-order valence-electron chi connectivity index (χ2n) is 4.86. The Morgan fingerprint density at radius 2 is 2.15 bits per heavy atom. The van der Waals surface area contributed by atoms with Crippen LogP contribution in [0.3, 0.4) is 0 Å². The van der Waals surface area contributed by atoms with Crippen molar-refractivity contribution in [3.63, 3.8) is 0 Å². The van der Waals surface area contributed by atoms with Gasteiger partial charge in [0.2, 0.25) is 0 Å². The number of rotatable bonds is 2. The molecular formula is C14H14ClFN4. The molecule has 0 amide bonds. The number of halogens is 2. The molecule has 1 fully saturated rings. The van der Waals surface area contributed by atoms with Gasteiger partial charge in [0.15, 0.2) is 5.82 Å². The molecule has 4 nitrogen and oxygen atoms in total. The van der Waals surface area contributed by atoms with Gasteiger partial charge in [0.05, 0.1) is 10.7 Å². The van der Waals surface area contributed by atoms with Gasteiger partial charge in [-0.3, -0.25) is 0 Å². The molecule has 3 N–H and O–H groups in total. The first kappa shape index (κ1) is 13.3. The highest BCUT2D eigenvalue weighted by atomic mass is 35.5. The molecule has 0 aliphatic carbocycles. The lowest BCUT2D eigenvalue weighted by Crippen LogP contribution is -2.10. The third kappa shape index (κ3) is 2.59. The number of nitrogens with one attached hydrogen (secondary N) is 1. The molecule has 1 aliphatic heterocycles. The summed E-state index contributed by atoms with van der Waals surface area (Å²) in [6.07, 6.45) is 1.03. The highest BCUT2D eigenvalue weighted by molar-refractivity contribution is 6.31. The molecule has 0 saturated carbocycles. The van der Waals surface area contributed by atoms with Gasteiger partial charge in [-0.05, 0) is 31.2 Å². The van der Waals surface area contributed by atoms with Gasteiger partial charge >= 0.3 is 0 Å². The van der Waals surface area contributed by atoms with Crippen LogP contribution in [0, 0.1) is 5.82 Å². The monoisotopic (exact) mass is 292 g/mol. The lowest BCUT2D eigenvalue weighted by Gasteiger charge is -2.10. The smallest absolute Gasteiger partial charge is 0.161 e. The van der Waals surface area contributed by atoms with Crippen molar-refractivity contribution in [3.05, 3.63) is 40.8 Å². The Balaban J connectivity index is 2.02. The van der Waals surface area contributed by atoms with Crippen molar-refractivity contribution in [2.75, 3.05) is 18.8 Å². The fourth-order valence-corrected chi connectivity index (χ4v) is 2.55. The maximum Gasteiger partial charge on any atom is 0.161 e. The van der Waals surface area contributed by atoms with E-state index in [4.69, 9.17) is 17.3 Å². The molecule has 1 aromatic carbocycles. The largest absolute Gasteiger partial charge is 0.384 e. The summed E-state index contributed by atoms with van der Waals surface area (Å²) in [6.45, 7) is 1.87. The fourth-order valence-electron chi connectivity index (χ4n) is 2.37. The number of aromatic nitrogens is 2. The average molecular weight is 293 g/mol. The molecule has 2 aromatic rings. The van der Waals surface area contributed by atoms with Crippen molar-refractivity contribution in [1.29, 1.82) is 0 Å². The van der Waals surface area contributed by atoms with Crippen molar-refractivity contribution in [2.24, 2.45) is 0 Å². The Morgan fingerprint density at radius 3 is 2.85 bits per heavy atom. The first-order chi connectivity index (χ1) is 9.63. The number of hydrogen-bond donors (Lipinski definition) is 2. The van der Waals surface area contributed by atoms with E-state index in [0.717, 1.165) is 25.2 Å². The summed E-state index contributed by atoms with van der Waals surface area (Å²) in [7, 11) is 0. The molecule has 1 aliphatic rings. The topological polar surface area (TPSA) is 63.8 Å². The number of nitrogens with two attached hydrogens (primary N) is 1. The molecule has 104 valence electrons. The van der Waals surface area contributed by atoms with E-state index in [9.17, 15) is 4.39 Å². The number of benzene rings is 1. The summed E-state index contributed by atoms with van der Waals surface area (Å²) in [5.74, 6) is 0.778. The van der Waals surface area contributed by atoms with Crippen LogP contribution in [0.2, 0.25) is 5.02 Å². The Hall–Kier alpha value is -1.72. The third-order valence-corrected chi connectivity index (χ3v) is 3.71. The van der Waals surface area contributed by atoms with Gasteiger partial charge in [-0.15, -0.1) is 0 Å². The minimum atomic E-state index is -0.459. The molecule has 20 heavy (non-hydrogen) atoms. The van der Waals surface area contributed by atoms with E-state index in [1.165, 1.54) is 12.1 Å². The Kier molecular flexibility index (Phi) is 3.54. The van der Waals surface area contributed by atoms with Crippen LogP contribution in [0.1, 0.15) is 18.0 Å². The first-order valence-corrected chi connectivity index (χ1v) is 6.82. The van der Waals surface area contributed by atoms with Gasteiger partial charge in [-0.25, -0.2) is 14.4 Å². The standard InChI is InChI=1S/C14H14ClFN4/c15-10-5-8(1-2-11(10)16)14-19-12(6-13(17)20-14)9-3-4-18-7-9/h1-2,5-6,9,18H,3-4,7H2,(H2,17,19,20). The maximum absolute atomic E-state index is 13.2. The first-order valence-electron chi connectivity index (χ1n) is 6.44. The van der Waals surface area contributed by atoms with E-state index in [1.807, 2.05) is 0 Å². The molecule has 0 spiro atoms. The quantitative estimate of drug-likeness (QED) is 0.893. The summed E-state index contributed by atoms with van der Waals surface area (Å²) < 4.78 is 13.2. The van der Waals surface area contributed by atoms with Gasteiger partial charge < -0.3 is 11.1 Å². The van der Waals surface area contributed by atoms with Crippen LogP contribution in [0.4, 0.5) is 10.2 Å². The molecule has 1 saturated heterocycles. The molecule has 3 rings (SSSR count). The Morgan fingerprint density at radius 1 is 1.30 bits per heavy atom. The number of hydrogen-bond acceptors (Lipinski definition) is 4. The molecule has 1 aromatic heterocycles. The van der Waals surface area contributed by atoms with E-state index < -0.39 is 5.82 Å². The van der Waals surface area contributed by atoms with Gasteiger partial charge in [0.1, 0.15) is 11.6 Å². The predicted octanol–water partition coefficient (Wildman–Crippen LogP) is 2.60. The highest BCUT2D eigenvalue weighted by Gasteiger charge is 2.19. The van der Waals surface area contributed by atoms with Gasteiger partial charge in [0.25, 0.3) is 0 Å². The van der Waals surface area contributed by atoms with E-state index in [1.54, 1.807) is 12.1 Å². The molecule has 1 unspecified atom stereocenters. The van der Waals surface area contributed by atoms with Crippen LogP contribution in [-0.4, -0.2) is 23.1 Å². The SMILES string of the molecule is Nc1cc(C2CCNC2)nc(-c2ccc(F)c(Cl)c2)n1. The number of anilines is 1. The van der Waals surface area contributed by atoms with Crippen molar-refractivity contribution < 1.29 is 4.39 Å². The zero-order valence-corrected chi connectivity index (χ0v) is 11.5. The highest BCUT2D eigenvalue weighted by Crippen LogP contribution is 2.27. The van der Waals surface area contributed by atoms with Crippen LogP contribution in [0.25, 0.3) is 11.4 Å². The molecule has 0 bridgehead atoms. The minimum absolute atomic E-state index is 0.0533. The van der Waals surface area contributed by atoms with E-state index in [2.05, 4.69) is 15.3 Å². The second-order valence-corrected chi connectivity index (χ2v) is 5.27. The zero-order chi connectivity index (χ0) is 14.1. The summed E-state index contributed by atoms with van der Waals surface area (Å²) in [5.41, 5.74) is 7.43. The van der Waals surface area contributed by atoms with E-state index in [-0.39, 0.29) is 5.02 Å². The molecule has 1 atom stereocenters. The lowest BCUT2D eigenvalue weighted by atomic mass is 10.0. The summed E-state index contributed by atoms with van der Waals surface area (Å²) in [6, 6.07) is 6.22. The van der Waals surface area contributed by atoms with Gasteiger partial charge in [0, 0.05) is 24.1 Å². The summed E-state index contributed by atoms with van der Waals surface area (Å²) in [5, 5.41) is 3.35. The molecular weight excluding hydrogens is 279 g/mol. The van der Waals surface area contributed by atoms with Crippen molar-refractivity contribution in [2.45, 2.75) is 12.3 Å². The van der Waals surface area contributed by atoms with Crippen LogP contribution >= 0.6 is 11.6 Å². The fraction of sp³-hybridized carbons (Fsp3) is 0.286. The number of nitrogens with zero attached hydrogens (tertiary/aromatic N) is 2. The molecule has 2 heterocycles. The van der Waals surface area contributed by atoms with Crippen LogP contribution in [0.15, 0.2) is 24.3 Å². The Bertz CT molecular complexity index is 641. The zero-order valence-electron chi connectivity index (χ0n) is 10.7. The average Bonchev–Trinajstić information content (AvgIpc) is 2.95. The summed E-state index contributed by atoms with van der Waals surface area (Å²) >= 11 is 5.80.